The zero-order valence-electron chi connectivity index (χ0n) is 9.14. The molecule has 0 aromatic heterocycles. The number of nitriles is 1. The molecule has 0 spiro atoms. The molecule has 0 aliphatic heterocycles. The van der Waals surface area contributed by atoms with Gasteiger partial charge in [0.25, 0.3) is 0 Å². The van der Waals surface area contributed by atoms with Crippen LogP contribution in [0, 0.1) is 17.1 Å². The molecule has 0 bridgehead atoms. The van der Waals surface area contributed by atoms with Crippen molar-refractivity contribution in [3.8, 4) is 17.6 Å². The Kier molecular flexibility index (Phi) is 3.30. The largest absolute Gasteiger partial charge is 0.506 e. The number of ether oxygens (including phenoxy) is 1. The van der Waals surface area contributed by atoms with Gasteiger partial charge in [0.05, 0.1) is 18.6 Å². The van der Waals surface area contributed by atoms with Crippen LogP contribution in [0.1, 0.15) is 19.4 Å². The molecule has 0 aliphatic carbocycles. The highest BCUT2D eigenvalue weighted by molar-refractivity contribution is 6.33. The van der Waals surface area contributed by atoms with Crippen LogP contribution >= 0.6 is 11.6 Å². The van der Waals surface area contributed by atoms with Crippen molar-refractivity contribution in [1.29, 1.82) is 5.26 Å². The summed E-state index contributed by atoms with van der Waals surface area (Å²) in [5.41, 5.74) is -0.890. The van der Waals surface area contributed by atoms with Gasteiger partial charge in [0.2, 0.25) is 0 Å². The Morgan fingerprint density at radius 2 is 2.12 bits per heavy atom. The minimum atomic E-state index is -1.03. The van der Waals surface area contributed by atoms with Crippen LogP contribution in [0.25, 0.3) is 0 Å². The number of hydrogen-bond acceptors (Lipinski definition) is 3. The molecule has 1 aromatic carbocycles. The van der Waals surface area contributed by atoms with E-state index in [0.717, 1.165) is 6.07 Å². The first-order valence-electron chi connectivity index (χ1n) is 4.51. The summed E-state index contributed by atoms with van der Waals surface area (Å²) in [6.45, 7) is 3.12. The summed E-state index contributed by atoms with van der Waals surface area (Å²) in [6.07, 6.45) is 0. The van der Waals surface area contributed by atoms with E-state index in [2.05, 4.69) is 0 Å². The zero-order valence-corrected chi connectivity index (χ0v) is 9.89. The van der Waals surface area contributed by atoms with Gasteiger partial charge in [-0.05, 0) is 19.9 Å². The zero-order chi connectivity index (χ0) is 12.5. The van der Waals surface area contributed by atoms with Crippen LogP contribution in [0.3, 0.4) is 0 Å². The second-order valence-electron chi connectivity index (χ2n) is 3.84. The number of nitrogens with zero attached hydrogens (tertiary/aromatic N) is 1. The summed E-state index contributed by atoms with van der Waals surface area (Å²) >= 11 is 5.74. The predicted molar refractivity (Wildman–Crippen MR) is 58.3 cm³/mol. The second kappa shape index (κ2) is 4.18. The SMILES string of the molecule is COc1c(F)cc(C(C)(C)C#N)c(O)c1Cl. The highest BCUT2D eigenvalue weighted by Crippen LogP contribution is 2.42. The normalized spacial score (nSPS) is 11.0. The summed E-state index contributed by atoms with van der Waals surface area (Å²) in [5, 5.41) is 18.5. The fraction of sp³-hybridized carbons (Fsp3) is 0.364. The second-order valence-corrected chi connectivity index (χ2v) is 4.22. The van der Waals surface area contributed by atoms with Gasteiger partial charge < -0.3 is 9.84 Å². The maximum Gasteiger partial charge on any atom is 0.176 e. The lowest BCUT2D eigenvalue weighted by molar-refractivity contribution is 0.377. The standard InChI is InChI=1S/C11H11ClFNO2/c1-11(2,5-14)6-4-7(13)10(16-3)8(12)9(6)15/h4,15H,1-3H3. The molecule has 0 unspecified atom stereocenters. The first-order chi connectivity index (χ1) is 7.35. The van der Waals surface area contributed by atoms with Crippen molar-refractivity contribution >= 4 is 11.6 Å². The van der Waals surface area contributed by atoms with Crippen molar-refractivity contribution in [2.75, 3.05) is 7.11 Å². The molecule has 0 heterocycles. The Morgan fingerprint density at radius 1 is 1.56 bits per heavy atom. The minimum Gasteiger partial charge on any atom is -0.506 e. The van der Waals surface area contributed by atoms with Crippen LogP contribution in [0.15, 0.2) is 6.07 Å². The summed E-state index contributed by atoms with van der Waals surface area (Å²) in [4.78, 5) is 0. The van der Waals surface area contributed by atoms with Crippen molar-refractivity contribution in [1.82, 2.24) is 0 Å². The van der Waals surface area contributed by atoms with Gasteiger partial charge in [0, 0.05) is 5.56 Å². The first-order valence-corrected chi connectivity index (χ1v) is 4.89. The summed E-state index contributed by atoms with van der Waals surface area (Å²) < 4.78 is 18.2. The molecule has 0 saturated carbocycles. The summed E-state index contributed by atoms with van der Waals surface area (Å²) in [6, 6.07) is 3.02. The molecule has 0 atom stereocenters. The van der Waals surface area contributed by atoms with Gasteiger partial charge in [0.1, 0.15) is 10.8 Å². The molecule has 0 amide bonds. The Balaban J connectivity index is 3.53. The molecule has 0 saturated heterocycles. The van der Waals surface area contributed by atoms with Gasteiger partial charge in [-0.1, -0.05) is 11.6 Å². The van der Waals surface area contributed by atoms with Crippen LogP contribution in [0.4, 0.5) is 4.39 Å². The third kappa shape index (κ3) is 1.91. The Hall–Kier alpha value is -1.47. The average molecular weight is 244 g/mol. The lowest BCUT2D eigenvalue weighted by atomic mass is 9.85. The number of hydrogen-bond donors (Lipinski definition) is 1. The highest BCUT2D eigenvalue weighted by Gasteiger charge is 2.28. The van der Waals surface area contributed by atoms with Gasteiger partial charge in [-0.2, -0.15) is 5.26 Å². The quantitative estimate of drug-likeness (QED) is 0.869. The summed E-state index contributed by atoms with van der Waals surface area (Å²) in [5.74, 6) is -1.26. The van der Waals surface area contributed by atoms with E-state index in [9.17, 15) is 9.50 Å². The Morgan fingerprint density at radius 3 is 2.56 bits per heavy atom. The molecule has 1 rings (SSSR count). The number of aromatic hydroxyl groups is 1. The van der Waals surface area contributed by atoms with Crippen LogP contribution in [0.5, 0.6) is 11.5 Å². The number of benzene rings is 1. The lowest BCUT2D eigenvalue weighted by Crippen LogP contribution is -2.15. The number of rotatable bonds is 2. The Bertz CT molecular complexity index is 466. The molecule has 1 N–H and O–H groups in total. The minimum absolute atomic E-state index is 0.137. The third-order valence-electron chi connectivity index (χ3n) is 2.31. The molecule has 86 valence electrons. The fourth-order valence-corrected chi connectivity index (χ4v) is 1.58. The van der Waals surface area contributed by atoms with E-state index in [1.165, 1.54) is 7.11 Å². The van der Waals surface area contributed by atoms with E-state index in [4.69, 9.17) is 21.6 Å². The van der Waals surface area contributed by atoms with Crippen molar-refractivity contribution in [3.63, 3.8) is 0 Å². The van der Waals surface area contributed by atoms with Crippen molar-refractivity contribution in [2.24, 2.45) is 0 Å². The van der Waals surface area contributed by atoms with Crippen LogP contribution in [-0.2, 0) is 5.41 Å². The Labute approximate surface area is 98.0 Å². The fourth-order valence-electron chi connectivity index (χ4n) is 1.32. The summed E-state index contributed by atoms with van der Waals surface area (Å²) in [7, 11) is 1.25. The van der Waals surface area contributed by atoms with Gasteiger partial charge in [-0.3, -0.25) is 0 Å². The molecule has 5 heteroatoms. The molecule has 0 fully saturated rings. The van der Waals surface area contributed by atoms with Crippen molar-refractivity contribution in [2.45, 2.75) is 19.3 Å². The van der Waals surface area contributed by atoms with Crippen molar-refractivity contribution in [3.05, 3.63) is 22.5 Å². The van der Waals surface area contributed by atoms with E-state index in [0.29, 0.717) is 0 Å². The van der Waals surface area contributed by atoms with Crippen molar-refractivity contribution < 1.29 is 14.2 Å². The smallest absolute Gasteiger partial charge is 0.176 e. The average Bonchev–Trinajstić information content (AvgIpc) is 2.24. The van der Waals surface area contributed by atoms with Crippen LogP contribution in [0.2, 0.25) is 5.02 Å². The van der Waals surface area contributed by atoms with E-state index < -0.39 is 11.2 Å². The monoisotopic (exact) mass is 243 g/mol. The maximum atomic E-state index is 13.5. The predicted octanol–water partition coefficient (Wildman–Crippen LogP) is 2.99. The molecule has 3 nitrogen and oxygen atoms in total. The van der Waals surface area contributed by atoms with Crippen LogP contribution < -0.4 is 4.74 Å². The number of methoxy groups -OCH3 is 1. The molecular weight excluding hydrogens is 233 g/mol. The highest BCUT2D eigenvalue weighted by atomic mass is 35.5. The molecule has 0 aliphatic rings. The maximum absolute atomic E-state index is 13.5. The van der Waals surface area contributed by atoms with Gasteiger partial charge in [-0.25, -0.2) is 4.39 Å². The number of phenols is 1. The molecular formula is C11H11ClFNO2. The number of halogens is 2. The lowest BCUT2D eigenvalue weighted by Gasteiger charge is -2.19. The molecule has 0 radical (unpaired) electrons. The van der Waals surface area contributed by atoms with Gasteiger partial charge in [0.15, 0.2) is 11.6 Å². The topological polar surface area (TPSA) is 53.2 Å². The van der Waals surface area contributed by atoms with Gasteiger partial charge >= 0.3 is 0 Å². The van der Waals surface area contributed by atoms with E-state index in [1.54, 1.807) is 13.8 Å². The van der Waals surface area contributed by atoms with E-state index >= 15 is 0 Å². The van der Waals surface area contributed by atoms with E-state index in [-0.39, 0.29) is 22.1 Å². The first kappa shape index (κ1) is 12.6. The van der Waals surface area contributed by atoms with E-state index in [1.807, 2.05) is 6.07 Å². The third-order valence-corrected chi connectivity index (χ3v) is 2.66. The molecule has 1 aromatic rings. The molecule has 16 heavy (non-hydrogen) atoms. The van der Waals surface area contributed by atoms with Gasteiger partial charge in [-0.15, -0.1) is 0 Å². The number of phenolic OH excluding ortho intramolecular Hbond substituents is 1. The van der Waals surface area contributed by atoms with Crippen LogP contribution in [-0.4, -0.2) is 12.2 Å².